The molecule has 0 N–H and O–H groups in total. The van der Waals surface area contributed by atoms with Gasteiger partial charge in [0.1, 0.15) is 0 Å². The van der Waals surface area contributed by atoms with Crippen LogP contribution in [0.1, 0.15) is 18.1 Å². The Morgan fingerprint density at radius 1 is 0.656 bits per heavy atom. The number of hydrogen-bond acceptors (Lipinski definition) is 2. The number of aryl methyl sites for hydroxylation is 1. The Labute approximate surface area is 192 Å². The average molecular weight is 482 g/mol. The van der Waals surface area contributed by atoms with Crippen LogP contribution in [-0.2, 0) is 9.53 Å². The minimum atomic E-state index is -3.47. The maximum absolute atomic E-state index is 13.8. The van der Waals surface area contributed by atoms with E-state index in [1.807, 2.05) is 25.1 Å². The van der Waals surface area contributed by atoms with Crippen molar-refractivity contribution in [3.63, 3.8) is 0 Å². The van der Waals surface area contributed by atoms with E-state index in [2.05, 4.69) is 104 Å². The Kier molecular flexibility index (Phi) is 6.83. The summed E-state index contributed by atoms with van der Waals surface area (Å²) in [7, 11) is 0. The van der Waals surface area contributed by atoms with Gasteiger partial charge in [0.15, 0.2) is 0 Å². The molecule has 3 heteroatoms. The van der Waals surface area contributed by atoms with Crippen molar-refractivity contribution >= 4 is 36.4 Å². The molecule has 0 aliphatic heterocycles. The monoisotopic (exact) mass is 482 g/mol. The second kappa shape index (κ2) is 9.93. The molecule has 0 atom stereocenters. The van der Waals surface area contributed by atoms with Gasteiger partial charge >= 0.3 is 193 Å². The van der Waals surface area contributed by atoms with Crippen molar-refractivity contribution in [2.75, 3.05) is 6.61 Å². The molecule has 0 saturated heterocycles. The number of carbonyl (C=O) groups excluding carboxylic acids is 1. The van der Waals surface area contributed by atoms with Gasteiger partial charge in [-0.2, -0.15) is 0 Å². The molecule has 32 heavy (non-hydrogen) atoms. The molecule has 0 fully saturated rings. The van der Waals surface area contributed by atoms with E-state index in [1.54, 1.807) is 0 Å². The predicted octanol–water partition coefficient (Wildman–Crippen LogP) is 3.83. The van der Waals surface area contributed by atoms with Gasteiger partial charge in [-0.15, -0.1) is 0 Å². The Balaban J connectivity index is 2.28. The molecule has 160 valence electrons. The first-order valence-corrected chi connectivity index (χ1v) is 14.6. The van der Waals surface area contributed by atoms with E-state index in [4.69, 9.17) is 4.74 Å². The molecule has 0 aliphatic carbocycles. The van der Waals surface area contributed by atoms with Crippen LogP contribution in [0.4, 0.5) is 0 Å². The third-order valence-corrected chi connectivity index (χ3v) is 14.6. The van der Waals surface area contributed by atoms with E-state index < -0.39 is 13.1 Å². The van der Waals surface area contributed by atoms with E-state index in [0.29, 0.717) is 6.61 Å². The van der Waals surface area contributed by atoms with E-state index >= 15 is 0 Å². The summed E-state index contributed by atoms with van der Waals surface area (Å²) in [5, 5.41) is 0. The van der Waals surface area contributed by atoms with E-state index in [9.17, 15) is 4.79 Å². The summed E-state index contributed by atoms with van der Waals surface area (Å²) in [5.74, 6) is -0.236. The van der Waals surface area contributed by atoms with Crippen LogP contribution in [0.2, 0.25) is 0 Å². The second-order valence-corrected chi connectivity index (χ2v) is 14.6. The Morgan fingerprint density at radius 2 is 1.06 bits per heavy atom. The standard InChI is InChI=1S/C29H27AsO2/c1-3-32-29(31)28(24-21-19-23(2)20-22-24)30(25-13-7-4-8-14-25,26-15-9-5-10-16-26)27-17-11-6-12-18-27/h4-22H,3H2,1-2H3. The van der Waals surface area contributed by atoms with Crippen LogP contribution in [0.15, 0.2) is 115 Å². The fourth-order valence-corrected chi connectivity index (χ4v) is 13.4. The molecule has 0 aliphatic rings. The van der Waals surface area contributed by atoms with Crippen LogP contribution in [0.5, 0.6) is 0 Å². The van der Waals surface area contributed by atoms with E-state index in [0.717, 1.165) is 15.4 Å². The molecule has 0 unspecified atom stereocenters. The number of rotatable bonds is 6. The Bertz CT molecular complexity index is 1130. The zero-order chi connectivity index (χ0) is 22.4. The van der Waals surface area contributed by atoms with Crippen molar-refractivity contribution in [1.29, 1.82) is 0 Å². The molecule has 0 amide bonds. The van der Waals surface area contributed by atoms with Crippen LogP contribution < -0.4 is 13.1 Å². The molecule has 0 radical (unpaired) electrons. The molecule has 0 saturated carbocycles. The van der Waals surface area contributed by atoms with Crippen molar-refractivity contribution in [1.82, 2.24) is 0 Å². The number of ether oxygens (including phenoxy) is 1. The van der Waals surface area contributed by atoms with Gasteiger partial charge in [-0.25, -0.2) is 0 Å². The summed E-state index contributed by atoms with van der Waals surface area (Å²) in [6.45, 7) is 4.26. The first-order chi connectivity index (χ1) is 15.7. The van der Waals surface area contributed by atoms with Gasteiger partial charge in [0.25, 0.3) is 0 Å². The van der Waals surface area contributed by atoms with Crippen molar-refractivity contribution in [2.45, 2.75) is 13.8 Å². The van der Waals surface area contributed by atoms with Crippen molar-refractivity contribution in [3.05, 3.63) is 126 Å². The average Bonchev–Trinajstić information content (AvgIpc) is 2.85. The summed E-state index contributed by atoms with van der Waals surface area (Å²) in [4.78, 5) is 13.8. The number of esters is 1. The summed E-state index contributed by atoms with van der Waals surface area (Å²) in [5.41, 5.74) is 2.09. The zero-order valence-corrected chi connectivity index (χ0v) is 20.3. The molecule has 0 aromatic heterocycles. The first kappa shape index (κ1) is 22.0. The third-order valence-electron chi connectivity index (χ3n) is 5.56. The number of hydrogen-bond donors (Lipinski definition) is 0. The first-order valence-electron chi connectivity index (χ1n) is 10.9. The minimum absolute atomic E-state index is 0.236. The van der Waals surface area contributed by atoms with Crippen LogP contribution in [0.3, 0.4) is 0 Å². The molecule has 4 rings (SSSR count). The Morgan fingerprint density at radius 3 is 1.44 bits per heavy atom. The number of benzene rings is 4. The third kappa shape index (κ3) is 4.11. The molecule has 0 spiro atoms. The fourth-order valence-electron chi connectivity index (χ4n) is 4.15. The molecular formula is C29H27AsO2. The van der Waals surface area contributed by atoms with Crippen LogP contribution in [-0.4, -0.2) is 30.0 Å². The van der Waals surface area contributed by atoms with Crippen LogP contribution >= 0.6 is 0 Å². The molecular weight excluding hydrogens is 455 g/mol. The summed E-state index contributed by atoms with van der Waals surface area (Å²) in [6, 6.07) is 39.7. The van der Waals surface area contributed by atoms with Gasteiger partial charge < -0.3 is 0 Å². The fraction of sp³-hybridized carbons (Fsp3) is 0.103. The van der Waals surface area contributed by atoms with Crippen molar-refractivity contribution in [2.24, 2.45) is 0 Å². The van der Waals surface area contributed by atoms with Crippen LogP contribution in [0.25, 0.3) is 0 Å². The predicted molar refractivity (Wildman–Crippen MR) is 136 cm³/mol. The van der Waals surface area contributed by atoms with Gasteiger partial charge in [-0.3, -0.25) is 0 Å². The SMILES string of the molecule is CCOC(=O)C(c1ccc(C)cc1)=[As](c1ccccc1)(c1ccccc1)c1ccccc1. The van der Waals surface area contributed by atoms with Crippen molar-refractivity contribution in [3.8, 4) is 0 Å². The summed E-state index contributed by atoms with van der Waals surface area (Å²) in [6.07, 6.45) is 0. The van der Waals surface area contributed by atoms with Gasteiger partial charge in [-0.1, -0.05) is 0 Å². The van der Waals surface area contributed by atoms with E-state index in [-0.39, 0.29) is 5.97 Å². The van der Waals surface area contributed by atoms with E-state index in [1.165, 1.54) is 13.1 Å². The maximum atomic E-state index is 13.8. The number of carbonyl (C=O) groups is 1. The van der Waals surface area contributed by atoms with Gasteiger partial charge in [0.2, 0.25) is 0 Å². The summed E-state index contributed by atoms with van der Waals surface area (Å²) < 4.78 is 10.1. The molecule has 4 aromatic rings. The second-order valence-electron chi connectivity index (χ2n) is 7.61. The quantitative estimate of drug-likeness (QED) is 0.309. The molecule has 0 heterocycles. The molecule has 0 bridgehead atoms. The topological polar surface area (TPSA) is 26.3 Å². The normalized spacial score (nSPS) is 11.1. The summed E-state index contributed by atoms with van der Waals surface area (Å²) >= 11 is -3.47. The van der Waals surface area contributed by atoms with Gasteiger partial charge in [0.05, 0.1) is 0 Å². The van der Waals surface area contributed by atoms with Gasteiger partial charge in [0, 0.05) is 0 Å². The van der Waals surface area contributed by atoms with Crippen LogP contribution in [0, 0.1) is 6.92 Å². The zero-order valence-electron chi connectivity index (χ0n) is 18.4. The van der Waals surface area contributed by atoms with Gasteiger partial charge in [-0.05, 0) is 0 Å². The Hall–Kier alpha value is -3.22. The van der Waals surface area contributed by atoms with Crippen molar-refractivity contribution < 1.29 is 9.53 Å². The molecule has 4 aromatic carbocycles. The molecule has 2 nitrogen and oxygen atoms in total.